The van der Waals surface area contributed by atoms with Gasteiger partial charge in [-0.3, -0.25) is 9.69 Å². The molecule has 10 heteroatoms. The Balaban J connectivity index is 1.53. The molecular weight excluding hydrogens is 454 g/mol. The molecule has 0 atom stereocenters. The molecule has 0 bridgehead atoms. The fourth-order valence-corrected chi connectivity index (χ4v) is 3.74. The van der Waals surface area contributed by atoms with Crippen LogP contribution < -0.4 is 0 Å². The minimum atomic E-state index is -4.47. The first-order valence-electron chi connectivity index (χ1n) is 10.7. The van der Waals surface area contributed by atoms with Crippen LogP contribution in [0.2, 0.25) is 0 Å². The summed E-state index contributed by atoms with van der Waals surface area (Å²) in [6.45, 7) is 2.08. The topological polar surface area (TPSA) is 58.8 Å². The summed E-state index contributed by atoms with van der Waals surface area (Å²) in [5.74, 6) is -0.496. The molecule has 0 saturated carbocycles. The molecule has 3 aromatic rings. The minimum Gasteiger partial charge on any atom is -0.447 e. The number of amides is 1. The molecule has 0 spiro atoms. The van der Waals surface area contributed by atoms with E-state index < -0.39 is 17.6 Å². The number of rotatable bonds is 7. The van der Waals surface area contributed by atoms with Crippen LogP contribution in [0.4, 0.5) is 17.6 Å². The molecule has 4 rings (SSSR count). The van der Waals surface area contributed by atoms with Gasteiger partial charge >= 0.3 is 6.18 Å². The van der Waals surface area contributed by atoms with E-state index in [0.717, 1.165) is 12.1 Å². The summed E-state index contributed by atoms with van der Waals surface area (Å²) in [5, 5.41) is 0. The Bertz CT molecular complexity index is 1130. The molecule has 2 aromatic carbocycles. The summed E-state index contributed by atoms with van der Waals surface area (Å²) in [7, 11) is 0. The van der Waals surface area contributed by atoms with E-state index >= 15 is 0 Å². The molecule has 1 aliphatic heterocycles. The van der Waals surface area contributed by atoms with Crippen molar-refractivity contribution in [2.75, 3.05) is 26.3 Å². The van der Waals surface area contributed by atoms with E-state index in [1.807, 2.05) is 0 Å². The van der Waals surface area contributed by atoms with E-state index in [1.165, 1.54) is 18.4 Å². The first-order chi connectivity index (χ1) is 16.3. The number of benzene rings is 2. The molecule has 0 unspecified atom stereocenters. The van der Waals surface area contributed by atoms with Crippen molar-refractivity contribution in [3.05, 3.63) is 88.9 Å². The monoisotopic (exact) mass is 477 g/mol. The van der Waals surface area contributed by atoms with Gasteiger partial charge in [0.05, 0.1) is 25.3 Å². The molecule has 180 valence electrons. The molecule has 1 saturated heterocycles. The molecule has 0 radical (unpaired) electrons. The SMILES string of the molecule is O=C(c1coc(CN(Cc2cccc(C(F)(F)F)c2)Cc2ccccc2F)n1)N1CCOCC1. The van der Waals surface area contributed by atoms with Gasteiger partial charge in [-0.15, -0.1) is 0 Å². The summed E-state index contributed by atoms with van der Waals surface area (Å²) in [4.78, 5) is 20.2. The number of carbonyl (C=O) groups excluding carboxylic acids is 1. The van der Waals surface area contributed by atoms with Crippen LogP contribution in [0.1, 0.15) is 33.1 Å². The van der Waals surface area contributed by atoms with Crippen molar-refractivity contribution < 1.29 is 31.5 Å². The van der Waals surface area contributed by atoms with Crippen molar-refractivity contribution in [2.45, 2.75) is 25.8 Å². The highest BCUT2D eigenvalue weighted by molar-refractivity contribution is 5.92. The van der Waals surface area contributed by atoms with Crippen LogP contribution in [0, 0.1) is 5.82 Å². The van der Waals surface area contributed by atoms with Crippen LogP contribution in [-0.4, -0.2) is 47.0 Å². The Morgan fingerprint density at radius 2 is 1.79 bits per heavy atom. The zero-order valence-corrected chi connectivity index (χ0v) is 18.2. The maximum atomic E-state index is 14.3. The molecule has 2 heterocycles. The molecule has 34 heavy (non-hydrogen) atoms. The molecule has 1 amide bonds. The lowest BCUT2D eigenvalue weighted by atomic mass is 10.1. The van der Waals surface area contributed by atoms with E-state index in [0.29, 0.717) is 37.4 Å². The highest BCUT2D eigenvalue weighted by atomic mass is 19.4. The molecule has 0 aliphatic carbocycles. The third-order valence-electron chi connectivity index (χ3n) is 5.44. The van der Waals surface area contributed by atoms with Gasteiger partial charge in [0.25, 0.3) is 5.91 Å². The lowest BCUT2D eigenvalue weighted by Crippen LogP contribution is -2.40. The number of nitrogens with zero attached hydrogens (tertiary/aromatic N) is 3. The maximum absolute atomic E-state index is 14.3. The fourth-order valence-electron chi connectivity index (χ4n) is 3.74. The standard InChI is InChI=1S/C24H23F4N3O3/c25-20-7-2-1-5-18(20)14-30(13-17-4-3-6-19(12-17)24(26,27)28)15-22-29-21(16-34-22)23(32)31-8-10-33-11-9-31/h1-7,12,16H,8-11,13-15H2. The van der Waals surface area contributed by atoms with Crippen LogP contribution in [0.5, 0.6) is 0 Å². The van der Waals surface area contributed by atoms with Crippen LogP contribution in [-0.2, 0) is 30.5 Å². The smallest absolute Gasteiger partial charge is 0.416 e. The van der Waals surface area contributed by atoms with Gasteiger partial charge in [-0.05, 0) is 17.7 Å². The van der Waals surface area contributed by atoms with Gasteiger partial charge in [-0.25, -0.2) is 9.37 Å². The highest BCUT2D eigenvalue weighted by Crippen LogP contribution is 2.30. The Kier molecular flexibility index (Phi) is 7.28. The number of alkyl halides is 3. The average molecular weight is 477 g/mol. The van der Waals surface area contributed by atoms with Crippen molar-refractivity contribution in [3.63, 3.8) is 0 Å². The molecule has 1 aromatic heterocycles. The van der Waals surface area contributed by atoms with Crippen molar-refractivity contribution in [1.82, 2.24) is 14.8 Å². The number of carbonyl (C=O) groups is 1. The highest BCUT2D eigenvalue weighted by Gasteiger charge is 2.30. The van der Waals surface area contributed by atoms with Gasteiger partial charge < -0.3 is 14.1 Å². The first kappa shape index (κ1) is 23.9. The van der Waals surface area contributed by atoms with Crippen molar-refractivity contribution in [3.8, 4) is 0 Å². The number of hydrogen-bond acceptors (Lipinski definition) is 5. The van der Waals surface area contributed by atoms with Crippen LogP contribution in [0.3, 0.4) is 0 Å². The number of aromatic nitrogens is 1. The normalized spacial score (nSPS) is 14.6. The van der Waals surface area contributed by atoms with Crippen LogP contribution >= 0.6 is 0 Å². The Morgan fingerprint density at radius 1 is 1.03 bits per heavy atom. The van der Waals surface area contributed by atoms with Crippen molar-refractivity contribution in [1.29, 1.82) is 0 Å². The summed E-state index contributed by atoms with van der Waals surface area (Å²) < 4.78 is 64.5. The molecule has 1 fully saturated rings. The van der Waals surface area contributed by atoms with Crippen LogP contribution in [0.25, 0.3) is 0 Å². The van der Waals surface area contributed by atoms with Gasteiger partial charge in [-0.2, -0.15) is 13.2 Å². The predicted molar refractivity (Wildman–Crippen MR) is 114 cm³/mol. The molecule has 0 N–H and O–H groups in total. The van der Waals surface area contributed by atoms with E-state index in [2.05, 4.69) is 4.98 Å². The minimum absolute atomic E-state index is 0.0704. The second-order valence-electron chi connectivity index (χ2n) is 7.97. The summed E-state index contributed by atoms with van der Waals surface area (Å²) in [6.07, 6.45) is -3.21. The lowest BCUT2D eigenvalue weighted by molar-refractivity contribution is -0.137. The van der Waals surface area contributed by atoms with E-state index in [9.17, 15) is 22.4 Å². The zero-order chi connectivity index (χ0) is 24.1. The quantitative estimate of drug-likeness (QED) is 0.469. The van der Waals surface area contributed by atoms with Gasteiger partial charge in [-0.1, -0.05) is 36.4 Å². The fraction of sp³-hybridized carbons (Fsp3) is 0.333. The first-order valence-corrected chi connectivity index (χ1v) is 10.7. The Labute approximate surface area is 193 Å². The van der Waals surface area contributed by atoms with Gasteiger partial charge in [0, 0.05) is 31.7 Å². The second-order valence-corrected chi connectivity index (χ2v) is 7.97. The Morgan fingerprint density at radius 3 is 2.53 bits per heavy atom. The van der Waals surface area contributed by atoms with Crippen molar-refractivity contribution in [2.24, 2.45) is 0 Å². The maximum Gasteiger partial charge on any atom is 0.416 e. The summed E-state index contributed by atoms with van der Waals surface area (Å²) in [5.41, 5.74) is 0.167. The van der Waals surface area contributed by atoms with Gasteiger partial charge in [0.15, 0.2) is 5.69 Å². The number of hydrogen-bond donors (Lipinski definition) is 0. The third kappa shape index (κ3) is 6.00. The van der Waals surface area contributed by atoms with Crippen molar-refractivity contribution >= 4 is 5.91 Å². The van der Waals surface area contributed by atoms with Gasteiger partial charge in [0.1, 0.15) is 12.1 Å². The van der Waals surface area contributed by atoms with Crippen LogP contribution in [0.15, 0.2) is 59.2 Å². The molecule has 6 nitrogen and oxygen atoms in total. The summed E-state index contributed by atoms with van der Waals surface area (Å²) in [6, 6.07) is 11.2. The third-order valence-corrected chi connectivity index (χ3v) is 5.44. The number of morpholine rings is 1. The Hall–Kier alpha value is -3.24. The molecular formula is C24H23F4N3O3. The number of halogens is 4. The molecule has 1 aliphatic rings. The van der Waals surface area contributed by atoms with E-state index in [4.69, 9.17) is 9.15 Å². The van der Waals surface area contributed by atoms with Gasteiger partial charge in [0.2, 0.25) is 5.89 Å². The largest absolute Gasteiger partial charge is 0.447 e. The van der Waals surface area contributed by atoms with E-state index in [-0.39, 0.29) is 37.1 Å². The zero-order valence-electron chi connectivity index (χ0n) is 18.2. The predicted octanol–water partition coefficient (Wildman–Crippen LogP) is 4.51. The summed E-state index contributed by atoms with van der Waals surface area (Å²) >= 11 is 0. The lowest BCUT2D eigenvalue weighted by Gasteiger charge is -2.25. The average Bonchev–Trinajstić information content (AvgIpc) is 3.29. The van der Waals surface area contributed by atoms with E-state index in [1.54, 1.807) is 34.1 Å². The number of ether oxygens (including phenoxy) is 1. The second kappa shape index (κ2) is 10.4. The number of oxazole rings is 1.